The second kappa shape index (κ2) is 5.27. The van der Waals surface area contributed by atoms with E-state index < -0.39 is 0 Å². The molecule has 1 aromatic rings. The minimum absolute atomic E-state index is 0.410. The molecule has 0 saturated heterocycles. The van der Waals surface area contributed by atoms with Gasteiger partial charge in [-0.25, -0.2) is 9.97 Å². The number of ether oxygens (including phenoxy) is 1. The van der Waals surface area contributed by atoms with Gasteiger partial charge in [-0.2, -0.15) is 0 Å². The summed E-state index contributed by atoms with van der Waals surface area (Å²) in [4.78, 5) is 7.99. The van der Waals surface area contributed by atoms with E-state index in [-0.39, 0.29) is 0 Å². The molecular formula is C9H13N3O. The largest absolute Gasteiger partial charge is 0.464 e. The molecular weight excluding hydrogens is 166 g/mol. The highest BCUT2D eigenvalue weighted by Gasteiger charge is 1.93. The summed E-state index contributed by atoms with van der Waals surface area (Å²) >= 11 is 0. The van der Waals surface area contributed by atoms with E-state index >= 15 is 0 Å². The summed E-state index contributed by atoms with van der Waals surface area (Å²) in [6.45, 7) is 3.00. The van der Waals surface area contributed by atoms with Gasteiger partial charge in [0.1, 0.15) is 0 Å². The number of hydrogen-bond donors (Lipinski definition) is 1. The normalized spacial score (nSPS) is 10.6. The van der Waals surface area contributed by atoms with Crippen molar-refractivity contribution in [3.8, 4) is 6.01 Å². The molecule has 4 nitrogen and oxygen atoms in total. The third-order valence-corrected chi connectivity index (χ3v) is 1.37. The third kappa shape index (κ3) is 3.21. The third-order valence-electron chi connectivity index (χ3n) is 1.37. The Morgan fingerprint density at radius 3 is 2.69 bits per heavy atom. The summed E-state index contributed by atoms with van der Waals surface area (Å²) in [6, 6.07) is 0.410. The lowest BCUT2D eigenvalue weighted by molar-refractivity contribution is 0.312. The van der Waals surface area contributed by atoms with Crippen molar-refractivity contribution in [3.05, 3.63) is 24.0 Å². The predicted octanol–water partition coefficient (Wildman–Crippen LogP) is 0.847. The van der Waals surface area contributed by atoms with Crippen LogP contribution in [0.4, 0.5) is 0 Å². The summed E-state index contributed by atoms with van der Waals surface area (Å²) in [5.74, 6) is 0. The van der Waals surface area contributed by atoms with Crippen LogP contribution in [0.15, 0.2) is 18.5 Å². The molecule has 70 valence electrons. The number of hydrogen-bond acceptors (Lipinski definition) is 4. The SMILES string of the molecule is CCOc1ncc(C=CCN)cn1. The molecule has 1 heterocycles. The van der Waals surface area contributed by atoms with Crippen molar-refractivity contribution in [2.75, 3.05) is 13.2 Å². The van der Waals surface area contributed by atoms with Crippen molar-refractivity contribution in [1.82, 2.24) is 9.97 Å². The summed E-state index contributed by atoms with van der Waals surface area (Å²) in [6.07, 6.45) is 7.11. The molecule has 0 aliphatic heterocycles. The molecule has 1 rings (SSSR count). The van der Waals surface area contributed by atoms with Crippen molar-refractivity contribution in [3.63, 3.8) is 0 Å². The van der Waals surface area contributed by atoms with Crippen LogP contribution in [0.3, 0.4) is 0 Å². The van der Waals surface area contributed by atoms with Gasteiger partial charge in [-0.15, -0.1) is 0 Å². The summed E-state index contributed by atoms with van der Waals surface area (Å²) in [5, 5.41) is 0. The van der Waals surface area contributed by atoms with E-state index in [0.717, 1.165) is 5.56 Å². The molecule has 0 atom stereocenters. The molecule has 1 aromatic heterocycles. The van der Waals surface area contributed by atoms with Crippen LogP contribution in [-0.2, 0) is 0 Å². The van der Waals surface area contributed by atoms with Gasteiger partial charge >= 0.3 is 6.01 Å². The molecule has 0 unspecified atom stereocenters. The number of nitrogens with zero attached hydrogens (tertiary/aromatic N) is 2. The summed E-state index contributed by atoms with van der Waals surface area (Å²) in [5.41, 5.74) is 6.23. The standard InChI is InChI=1S/C9H13N3O/c1-2-13-9-11-6-8(7-12-9)4-3-5-10/h3-4,6-7H,2,5,10H2,1H3. The van der Waals surface area contributed by atoms with Gasteiger partial charge in [-0.05, 0) is 6.92 Å². The van der Waals surface area contributed by atoms with Crippen LogP contribution < -0.4 is 10.5 Å². The smallest absolute Gasteiger partial charge is 0.316 e. The van der Waals surface area contributed by atoms with Crippen molar-refractivity contribution in [2.45, 2.75) is 6.92 Å². The molecule has 2 N–H and O–H groups in total. The molecule has 0 amide bonds. The molecule has 0 spiro atoms. The highest BCUT2D eigenvalue weighted by Crippen LogP contribution is 2.03. The van der Waals surface area contributed by atoms with Gasteiger partial charge < -0.3 is 10.5 Å². The topological polar surface area (TPSA) is 61.0 Å². The van der Waals surface area contributed by atoms with Gasteiger partial charge in [0.15, 0.2) is 0 Å². The first-order valence-corrected chi connectivity index (χ1v) is 4.18. The fourth-order valence-electron chi connectivity index (χ4n) is 0.820. The summed E-state index contributed by atoms with van der Waals surface area (Å²) in [7, 11) is 0. The van der Waals surface area contributed by atoms with Crippen molar-refractivity contribution >= 4 is 6.08 Å². The molecule has 0 aliphatic rings. The lowest BCUT2D eigenvalue weighted by Crippen LogP contribution is -1.97. The first-order chi connectivity index (χ1) is 6.36. The van der Waals surface area contributed by atoms with Crippen LogP contribution in [0.25, 0.3) is 6.08 Å². The average molecular weight is 179 g/mol. The summed E-state index contributed by atoms with van der Waals surface area (Å²) < 4.78 is 5.09. The van der Waals surface area contributed by atoms with Crippen LogP contribution in [0, 0.1) is 0 Å². The van der Waals surface area contributed by atoms with Gasteiger partial charge in [0.2, 0.25) is 0 Å². The maximum Gasteiger partial charge on any atom is 0.316 e. The van der Waals surface area contributed by atoms with E-state index in [1.807, 2.05) is 19.1 Å². The first-order valence-electron chi connectivity index (χ1n) is 4.18. The minimum Gasteiger partial charge on any atom is -0.464 e. The quantitative estimate of drug-likeness (QED) is 0.744. The molecule has 0 aromatic carbocycles. The maximum atomic E-state index is 5.30. The van der Waals surface area contributed by atoms with Crippen molar-refractivity contribution < 1.29 is 4.74 Å². The highest BCUT2D eigenvalue weighted by molar-refractivity contribution is 5.46. The van der Waals surface area contributed by atoms with E-state index in [1.165, 1.54) is 0 Å². The molecule has 0 bridgehead atoms. The lowest BCUT2D eigenvalue weighted by atomic mass is 10.3. The highest BCUT2D eigenvalue weighted by atomic mass is 16.5. The van der Waals surface area contributed by atoms with Gasteiger partial charge in [0.25, 0.3) is 0 Å². The second-order valence-electron chi connectivity index (χ2n) is 2.37. The van der Waals surface area contributed by atoms with E-state index in [9.17, 15) is 0 Å². The molecule has 4 heteroatoms. The predicted molar refractivity (Wildman–Crippen MR) is 51.3 cm³/mol. The maximum absolute atomic E-state index is 5.30. The Morgan fingerprint density at radius 1 is 1.46 bits per heavy atom. The number of rotatable bonds is 4. The second-order valence-corrected chi connectivity index (χ2v) is 2.37. The Morgan fingerprint density at radius 2 is 2.15 bits per heavy atom. The molecule has 13 heavy (non-hydrogen) atoms. The van der Waals surface area contributed by atoms with Crippen LogP contribution in [-0.4, -0.2) is 23.1 Å². The number of nitrogens with two attached hydrogens (primary N) is 1. The minimum atomic E-state index is 0.410. The van der Waals surface area contributed by atoms with Gasteiger partial charge in [0, 0.05) is 24.5 Å². The monoisotopic (exact) mass is 179 g/mol. The van der Waals surface area contributed by atoms with E-state index in [4.69, 9.17) is 10.5 Å². The Hall–Kier alpha value is -1.42. The fourth-order valence-corrected chi connectivity index (χ4v) is 0.820. The van der Waals surface area contributed by atoms with Gasteiger partial charge in [-0.3, -0.25) is 0 Å². The molecule has 0 radical (unpaired) electrons. The van der Waals surface area contributed by atoms with Crippen LogP contribution in [0.5, 0.6) is 6.01 Å². The van der Waals surface area contributed by atoms with Crippen molar-refractivity contribution in [2.24, 2.45) is 5.73 Å². The van der Waals surface area contributed by atoms with Crippen LogP contribution in [0.2, 0.25) is 0 Å². The van der Waals surface area contributed by atoms with E-state index in [0.29, 0.717) is 19.2 Å². The van der Waals surface area contributed by atoms with Gasteiger partial charge in [0.05, 0.1) is 6.61 Å². The molecule has 0 aliphatic carbocycles. The molecule has 0 fully saturated rings. The fraction of sp³-hybridized carbons (Fsp3) is 0.333. The zero-order valence-electron chi connectivity index (χ0n) is 7.60. The zero-order valence-corrected chi connectivity index (χ0v) is 7.60. The Bertz CT molecular complexity index is 269. The van der Waals surface area contributed by atoms with Gasteiger partial charge in [-0.1, -0.05) is 12.2 Å². The van der Waals surface area contributed by atoms with Crippen LogP contribution in [0.1, 0.15) is 12.5 Å². The first kappa shape index (κ1) is 9.67. The Balaban J connectivity index is 2.64. The molecule has 0 saturated carbocycles. The number of aromatic nitrogens is 2. The Labute approximate surface area is 77.5 Å². The average Bonchev–Trinajstić information content (AvgIpc) is 2.17. The lowest BCUT2D eigenvalue weighted by Gasteiger charge is -1.99. The van der Waals surface area contributed by atoms with E-state index in [1.54, 1.807) is 12.4 Å². The zero-order chi connectivity index (χ0) is 9.52. The Kier molecular flexibility index (Phi) is 3.92. The van der Waals surface area contributed by atoms with E-state index in [2.05, 4.69) is 9.97 Å². The van der Waals surface area contributed by atoms with Crippen molar-refractivity contribution in [1.29, 1.82) is 0 Å². The van der Waals surface area contributed by atoms with Crippen LogP contribution >= 0.6 is 0 Å².